The van der Waals surface area contributed by atoms with Gasteiger partial charge < -0.3 is 9.64 Å². The van der Waals surface area contributed by atoms with E-state index < -0.39 is 11.4 Å². The van der Waals surface area contributed by atoms with E-state index in [1.807, 2.05) is 51.1 Å². The summed E-state index contributed by atoms with van der Waals surface area (Å²) in [6.07, 6.45) is 1.45. The number of alkyl halides is 1. The number of amides is 1. The Labute approximate surface area is 159 Å². The second-order valence-electron chi connectivity index (χ2n) is 7.45. The van der Waals surface area contributed by atoms with Crippen LogP contribution >= 0.6 is 23.4 Å². The molecule has 1 fully saturated rings. The van der Waals surface area contributed by atoms with Gasteiger partial charge in [-0.15, -0.1) is 23.4 Å². The lowest BCUT2D eigenvalue weighted by atomic mass is 9.99. The minimum atomic E-state index is -0.652. The summed E-state index contributed by atoms with van der Waals surface area (Å²) in [5.74, 6) is -0.0225. The first-order valence-corrected chi connectivity index (χ1v) is 9.99. The molecule has 2 atom stereocenters. The van der Waals surface area contributed by atoms with Crippen LogP contribution < -0.4 is 0 Å². The average molecular weight is 384 g/mol. The quantitative estimate of drug-likeness (QED) is 0.423. The fraction of sp³-hybridized carbons (Fsp3) is 0.579. The van der Waals surface area contributed by atoms with Crippen LogP contribution in [0.25, 0.3) is 0 Å². The van der Waals surface area contributed by atoms with Crippen molar-refractivity contribution in [3.63, 3.8) is 0 Å². The first-order chi connectivity index (χ1) is 11.8. The molecule has 1 heterocycles. The first-order valence-electron chi connectivity index (χ1n) is 8.57. The van der Waals surface area contributed by atoms with E-state index in [1.54, 1.807) is 16.7 Å². The second kappa shape index (κ2) is 8.95. The van der Waals surface area contributed by atoms with Crippen molar-refractivity contribution in [1.82, 2.24) is 4.90 Å². The number of carbonyl (C=O) groups excluding carboxylic acids is 2. The molecular weight excluding hydrogens is 358 g/mol. The molecule has 0 N–H and O–H groups in total. The zero-order chi connectivity index (χ0) is 18.4. The fourth-order valence-electron chi connectivity index (χ4n) is 2.60. The maximum Gasteiger partial charge on any atom is 0.328 e. The Morgan fingerprint density at radius 2 is 2.00 bits per heavy atom. The highest BCUT2D eigenvalue weighted by atomic mass is 35.5. The van der Waals surface area contributed by atoms with Gasteiger partial charge in [-0.25, -0.2) is 4.79 Å². The zero-order valence-electron chi connectivity index (χ0n) is 15.0. The van der Waals surface area contributed by atoms with E-state index in [2.05, 4.69) is 0 Å². The number of carbonyl (C=O) groups is 2. The third kappa shape index (κ3) is 6.23. The van der Waals surface area contributed by atoms with Gasteiger partial charge in [-0.3, -0.25) is 4.79 Å². The fourth-order valence-corrected chi connectivity index (χ4v) is 3.74. The highest BCUT2D eigenvalue weighted by molar-refractivity contribution is 7.99. The number of likely N-dealkylation sites (tertiary alicyclic amines) is 1. The predicted molar refractivity (Wildman–Crippen MR) is 102 cm³/mol. The Bertz CT molecular complexity index is 588. The lowest BCUT2D eigenvalue weighted by Crippen LogP contribution is -2.45. The largest absolute Gasteiger partial charge is 0.464 e. The number of nitrogens with zero attached hydrogens (tertiary/aromatic N) is 1. The molecule has 0 bridgehead atoms. The zero-order valence-corrected chi connectivity index (χ0v) is 16.6. The van der Waals surface area contributed by atoms with Gasteiger partial charge in [-0.2, -0.15) is 0 Å². The van der Waals surface area contributed by atoms with Crippen molar-refractivity contribution >= 4 is 35.2 Å². The summed E-state index contributed by atoms with van der Waals surface area (Å²) in [4.78, 5) is 27.7. The van der Waals surface area contributed by atoms with Crippen LogP contribution in [0.4, 0.5) is 0 Å². The first kappa shape index (κ1) is 20.1. The molecule has 0 spiro atoms. The molecule has 0 aromatic heterocycles. The lowest BCUT2D eigenvalue weighted by molar-refractivity contribution is -0.155. The highest BCUT2D eigenvalue weighted by Crippen LogP contribution is 2.25. The molecular formula is C19H26ClNO3S. The molecule has 2 rings (SSSR count). The molecule has 25 heavy (non-hydrogen) atoms. The molecule has 1 aromatic carbocycles. The van der Waals surface area contributed by atoms with Crippen molar-refractivity contribution in [2.45, 2.75) is 49.9 Å². The summed E-state index contributed by atoms with van der Waals surface area (Å²) in [6.45, 7) is 6.93. The van der Waals surface area contributed by atoms with Crippen LogP contribution in [0.15, 0.2) is 35.2 Å². The van der Waals surface area contributed by atoms with Crippen molar-refractivity contribution < 1.29 is 14.3 Å². The lowest BCUT2D eigenvalue weighted by Gasteiger charge is -2.26. The Balaban J connectivity index is 1.89. The third-order valence-electron chi connectivity index (χ3n) is 3.86. The molecule has 4 nitrogen and oxygen atoms in total. The highest BCUT2D eigenvalue weighted by Gasteiger charge is 2.37. The molecule has 0 radical (unpaired) electrons. The van der Waals surface area contributed by atoms with Gasteiger partial charge >= 0.3 is 5.97 Å². The van der Waals surface area contributed by atoms with E-state index >= 15 is 0 Å². The van der Waals surface area contributed by atoms with E-state index in [1.165, 1.54) is 0 Å². The number of halogens is 1. The van der Waals surface area contributed by atoms with Crippen molar-refractivity contribution in [1.29, 1.82) is 0 Å². The van der Waals surface area contributed by atoms with Crippen molar-refractivity contribution in [2.24, 2.45) is 5.41 Å². The summed E-state index contributed by atoms with van der Waals surface area (Å²) in [5.41, 5.74) is -0.0928. The van der Waals surface area contributed by atoms with Gasteiger partial charge in [0.25, 0.3) is 0 Å². The maximum atomic E-state index is 12.7. The monoisotopic (exact) mass is 383 g/mol. The van der Waals surface area contributed by atoms with E-state index in [4.69, 9.17) is 16.3 Å². The van der Waals surface area contributed by atoms with Gasteiger partial charge in [0.1, 0.15) is 11.4 Å². The van der Waals surface area contributed by atoms with Crippen LogP contribution in [-0.2, 0) is 14.3 Å². The molecule has 0 unspecified atom stereocenters. The van der Waals surface area contributed by atoms with E-state index in [0.29, 0.717) is 25.3 Å². The van der Waals surface area contributed by atoms with Crippen molar-refractivity contribution in [2.75, 3.05) is 18.9 Å². The summed E-state index contributed by atoms with van der Waals surface area (Å²) in [6, 6.07) is 9.33. The Morgan fingerprint density at radius 3 is 2.64 bits per heavy atom. The molecule has 138 valence electrons. The normalized spacial score (nSPS) is 18.9. The van der Waals surface area contributed by atoms with E-state index in [0.717, 1.165) is 11.3 Å². The van der Waals surface area contributed by atoms with Gasteiger partial charge in [-0.05, 0) is 30.4 Å². The van der Waals surface area contributed by atoms with Crippen LogP contribution in [0.5, 0.6) is 0 Å². The Morgan fingerprint density at radius 1 is 1.32 bits per heavy atom. The average Bonchev–Trinajstić information content (AvgIpc) is 3.06. The SMILES string of the molecule is CC(C)(C)COC(=O)[C@@H]1CCCN1C(=O)[C@@H](Cl)CSc1ccccc1. The molecule has 1 aliphatic heterocycles. The molecule has 0 saturated carbocycles. The number of hydrogen-bond acceptors (Lipinski definition) is 4. The summed E-state index contributed by atoms with van der Waals surface area (Å²) in [7, 11) is 0. The van der Waals surface area contributed by atoms with Crippen molar-refractivity contribution in [3.8, 4) is 0 Å². The van der Waals surface area contributed by atoms with Crippen LogP contribution in [-0.4, -0.2) is 47.1 Å². The van der Waals surface area contributed by atoms with Crippen molar-refractivity contribution in [3.05, 3.63) is 30.3 Å². The number of hydrogen-bond donors (Lipinski definition) is 0. The van der Waals surface area contributed by atoms with Crippen LogP contribution in [0.1, 0.15) is 33.6 Å². The number of thioether (sulfide) groups is 1. The number of ether oxygens (including phenoxy) is 1. The Kier molecular flexibility index (Phi) is 7.20. The standard InChI is InChI=1S/C19H26ClNO3S/c1-19(2,3)13-24-18(23)16-10-7-11-21(16)17(22)15(20)12-25-14-8-5-4-6-9-14/h4-6,8-9,15-16H,7,10-13H2,1-3H3/t15-,16-/m0/s1. The smallest absolute Gasteiger partial charge is 0.328 e. The third-order valence-corrected chi connectivity index (χ3v) is 5.49. The summed E-state index contributed by atoms with van der Waals surface area (Å²) < 4.78 is 5.40. The Hall–Kier alpha value is -1.20. The van der Waals surface area contributed by atoms with Crippen LogP contribution in [0.3, 0.4) is 0 Å². The minimum Gasteiger partial charge on any atom is -0.464 e. The van der Waals surface area contributed by atoms with Gasteiger partial charge in [0.2, 0.25) is 5.91 Å². The molecule has 1 amide bonds. The van der Waals surface area contributed by atoms with Gasteiger partial charge in [-0.1, -0.05) is 39.0 Å². The maximum absolute atomic E-state index is 12.7. The molecule has 1 aliphatic rings. The number of benzene rings is 1. The second-order valence-corrected chi connectivity index (χ2v) is 9.07. The van der Waals surface area contributed by atoms with Crippen LogP contribution in [0, 0.1) is 5.41 Å². The number of esters is 1. The van der Waals surface area contributed by atoms with Gasteiger partial charge in [0.05, 0.1) is 6.61 Å². The molecule has 6 heteroatoms. The molecule has 1 saturated heterocycles. The van der Waals surface area contributed by atoms with Gasteiger partial charge in [0, 0.05) is 17.2 Å². The molecule has 1 aromatic rings. The summed E-state index contributed by atoms with van der Waals surface area (Å²) in [5, 5.41) is -0.652. The van der Waals surface area contributed by atoms with Crippen LogP contribution in [0.2, 0.25) is 0 Å². The topological polar surface area (TPSA) is 46.6 Å². The predicted octanol–water partition coefficient (Wildman–Crippen LogP) is 3.97. The van der Waals surface area contributed by atoms with Gasteiger partial charge in [0.15, 0.2) is 0 Å². The molecule has 0 aliphatic carbocycles. The number of rotatable bonds is 6. The minimum absolute atomic E-state index is 0.0928. The van der Waals surface area contributed by atoms with E-state index in [-0.39, 0.29) is 17.3 Å². The van der Waals surface area contributed by atoms with E-state index in [9.17, 15) is 9.59 Å². The summed E-state index contributed by atoms with van der Waals surface area (Å²) >= 11 is 7.86.